The van der Waals surface area contributed by atoms with Crippen LogP contribution < -0.4 is 10.2 Å². The number of anilines is 1. The molecule has 0 aromatic heterocycles. The number of benzene rings is 2. The highest BCUT2D eigenvalue weighted by Gasteiger charge is 2.62. The van der Waals surface area contributed by atoms with Crippen LogP contribution in [0.4, 0.5) is 16.2 Å². The lowest BCUT2D eigenvalue weighted by molar-refractivity contribution is -0.384. The Balaban J connectivity index is 1.56. The Morgan fingerprint density at radius 2 is 1.88 bits per heavy atom. The molecule has 176 valence electrons. The molecular weight excluding hydrogens is 438 g/mol. The Labute approximate surface area is 196 Å². The molecule has 10 heteroatoms. The molecule has 3 heterocycles. The number of barbiturate groups is 1. The number of carbonyl (C=O) groups is 3. The van der Waals surface area contributed by atoms with Crippen molar-refractivity contribution in [3.63, 3.8) is 0 Å². The lowest BCUT2D eigenvalue weighted by atomic mass is 9.67. The number of imide groups is 2. The number of urea groups is 1. The molecule has 2 atom stereocenters. The lowest BCUT2D eigenvalue weighted by Gasteiger charge is -2.55. The van der Waals surface area contributed by atoms with Gasteiger partial charge in [-0.15, -0.1) is 0 Å². The van der Waals surface area contributed by atoms with E-state index in [1.54, 1.807) is 6.07 Å². The van der Waals surface area contributed by atoms with Crippen molar-refractivity contribution >= 4 is 29.2 Å². The maximum absolute atomic E-state index is 14.0. The Kier molecular flexibility index (Phi) is 5.32. The van der Waals surface area contributed by atoms with Crippen LogP contribution in [0.5, 0.6) is 0 Å². The molecule has 2 aromatic rings. The number of hydrogen-bond acceptors (Lipinski definition) is 7. The molecule has 3 aliphatic rings. The Morgan fingerprint density at radius 3 is 2.62 bits per heavy atom. The minimum Gasteiger partial charge on any atom is -0.364 e. The fourth-order valence-corrected chi connectivity index (χ4v) is 5.40. The maximum Gasteiger partial charge on any atom is 0.330 e. The van der Waals surface area contributed by atoms with Crippen LogP contribution in [-0.2, 0) is 22.4 Å². The third kappa shape index (κ3) is 3.41. The second-order valence-electron chi connectivity index (χ2n) is 9.14. The normalized spacial score (nSPS) is 24.6. The first-order valence-electron chi connectivity index (χ1n) is 11.2. The van der Waals surface area contributed by atoms with Crippen LogP contribution in [0.2, 0.25) is 0 Å². The largest absolute Gasteiger partial charge is 0.364 e. The number of nitrogens with one attached hydrogen (secondary N) is 1. The average Bonchev–Trinajstić information content (AvgIpc) is 2.82. The van der Waals surface area contributed by atoms with Crippen LogP contribution in [0.1, 0.15) is 11.1 Å². The number of hydrogen-bond donors (Lipinski definition) is 1. The summed E-state index contributed by atoms with van der Waals surface area (Å²) in [6.45, 7) is 1.87. The molecular formula is C24H25N5O5. The van der Waals surface area contributed by atoms with Crippen molar-refractivity contribution in [2.24, 2.45) is 5.41 Å². The van der Waals surface area contributed by atoms with Crippen LogP contribution >= 0.6 is 0 Å². The first kappa shape index (κ1) is 22.0. The molecule has 2 fully saturated rings. The SMILES string of the molecule is CN1CCN2c3ccc([N+](=O)[O-])cc3C[C@]3(C(=O)NC(=O)N(CCc4ccccc4)C3=O)[C@H]2C1. The third-order valence-corrected chi connectivity index (χ3v) is 7.17. The number of piperazine rings is 1. The summed E-state index contributed by atoms with van der Waals surface area (Å²) in [7, 11) is 1.93. The highest BCUT2D eigenvalue weighted by atomic mass is 16.6. The van der Waals surface area contributed by atoms with Gasteiger partial charge in [0, 0.05) is 50.4 Å². The molecule has 1 spiro atoms. The predicted molar refractivity (Wildman–Crippen MR) is 123 cm³/mol. The summed E-state index contributed by atoms with van der Waals surface area (Å²) in [5, 5.41) is 13.8. The van der Waals surface area contributed by atoms with Crippen molar-refractivity contribution in [2.45, 2.75) is 18.9 Å². The Morgan fingerprint density at radius 1 is 1.12 bits per heavy atom. The lowest BCUT2D eigenvalue weighted by Crippen LogP contribution is -2.75. The van der Waals surface area contributed by atoms with Crippen molar-refractivity contribution in [2.75, 3.05) is 38.1 Å². The summed E-state index contributed by atoms with van der Waals surface area (Å²) in [4.78, 5) is 56.3. The van der Waals surface area contributed by atoms with Crippen molar-refractivity contribution < 1.29 is 19.3 Å². The van der Waals surface area contributed by atoms with Gasteiger partial charge in [-0.05, 0) is 30.7 Å². The second-order valence-corrected chi connectivity index (χ2v) is 9.14. The van der Waals surface area contributed by atoms with E-state index in [1.807, 2.05) is 42.3 Å². The van der Waals surface area contributed by atoms with Gasteiger partial charge in [0.2, 0.25) is 11.8 Å². The summed E-state index contributed by atoms with van der Waals surface area (Å²) >= 11 is 0. The fraction of sp³-hybridized carbons (Fsp3) is 0.375. The number of nitro groups is 1. The van der Waals surface area contributed by atoms with Gasteiger partial charge in [-0.2, -0.15) is 0 Å². The predicted octanol–water partition coefficient (Wildman–Crippen LogP) is 1.58. The Hall–Kier alpha value is -3.79. The molecule has 0 saturated carbocycles. The van der Waals surface area contributed by atoms with Crippen LogP contribution in [0, 0.1) is 15.5 Å². The molecule has 5 rings (SSSR count). The van der Waals surface area contributed by atoms with E-state index in [4.69, 9.17) is 0 Å². The number of non-ortho nitro benzene ring substituents is 1. The molecule has 0 aliphatic carbocycles. The maximum atomic E-state index is 14.0. The van der Waals surface area contributed by atoms with E-state index in [-0.39, 0.29) is 18.7 Å². The van der Waals surface area contributed by atoms with Crippen molar-refractivity contribution in [1.29, 1.82) is 0 Å². The summed E-state index contributed by atoms with van der Waals surface area (Å²) in [5.41, 5.74) is 0.681. The fourth-order valence-electron chi connectivity index (χ4n) is 5.40. The Bertz CT molecular complexity index is 1190. The third-order valence-electron chi connectivity index (χ3n) is 7.17. The first-order valence-corrected chi connectivity index (χ1v) is 11.2. The van der Waals surface area contributed by atoms with E-state index in [1.165, 1.54) is 12.1 Å². The molecule has 2 aromatic carbocycles. The molecule has 10 nitrogen and oxygen atoms in total. The second kappa shape index (κ2) is 8.21. The van der Waals surface area contributed by atoms with E-state index >= 15 is 0 Å². The van der Waals surface area contributed by atoms with E-state index in [0.29, 0.717) is 25.1 Å². The quantitative estimate of drug-likeness (QED) is 0.416. The summed E-state index contributed by atoms with van der Waals surface area (Å²) < 4.78 is 0. The summed E-state index contributed by atoms with van der Waals surface area (Å²) in [6.07, 6.45) is 0.458. The van der Waals surface area contributed by atoms with Crippen molar-refractivity contribution in [3.05, 3.63) is 69.8 Å². The molecule has 0 bridgehead atoms. The van der Waals surface area contributed by atoms with Gasteiger partial charge in [0.15, 0.2) is 5.41 Å². The number of nitro benzene ring substituents is 1. The number of rotatable bonds is 4. The number of nitrogens with zero attached hydrogens (tertiary/aromatic N) is 4. The van der Waals surface area contributed by atoms with Gasteiger partial charge < -0.3 is 9.80 Å². The zero-order valence-electron chi connectivity index (χ0n) is 18.8. The van der Waals surface area contributed by atoms with Crippen molar-refractivity contribution in [3.8, 4) is 0 Å². The van der Waals surface area contributed by atoms with E-state index < -0.39 is 34.2 Å². The molecule has 0 unspecified atom stereocenters. The van der Waals surface area contributed by atoms with Gasteiger partial charge in [-0.25, -0.2) is 4.79 Å². The van der Waals surface area contributed by atoms with Crippen LogP contribution in [0.25, 0.3) is 0 Å². The summed E-state index contributed by atoms with van der Waals surface area (Å²) in [5.74, 6) is -1.18. The monoisotopic (exact) mass is 463 g/mol. The highest BCUT2D eigenvalue weighted by molar-refractivity contribution is 6.20. The van der Waals surface area contributed by atoms with Gasteiger partial charge in [-0.3, -0.25) is 29.9 Å². The average molecular weight is 463 g/mol. The highest BCUT2D eigenvalue weighted by Crippen LogP contribution is 2.46. The smallest absolute Gasteiger partial charge is 0.330 e. The molecule has 1 N–H and O–H groups in total. The van der Waals surface area contributed by atoms with E-state index in [0.717, 1.165) is 22.7 Å². The van der Waals surface area contributed by atoms with E-state index in [2.05, 4.69) is 10.2 Å². The molecule has 4 amide bonds. The topological polar surface area (TPSA) is 116 Å². The molecule has 0 radical (unpaired) electrons. The van der Waals surface area contributed by atoms with Gasteiger partial charge in [-0.1, -0.05) is 30.3 Å². The first-order chi connectivity index (χ1) is 16.3. The number of fused-ring (bicyclic) bond motifs is 4. The van der Waals surface area contributed by atoms with Crippen LogP contribution in [-0.4, -0.2) is 71.8 Å². The van der Waals surface area contributed by atoms with Gasteiger partial charge >= 0.3 is 6.03 Å². The van der Waals surface area contributed by atoms with Crippen LogP contribution in [0.3, 0.4) is 0 Å². The minimum atomic E-state index is -1.55. The van der Waals surface area contributed by atoms with Gasteiger partial charge in [0.05, 0.1) is 11.0 Å². The van der Waals surface area contributed by atoms with Gasteiger partial charge in [0.25, 0.3) is 5.69 Å². The molecule has 34 heavy (non-hydrogen) atoms. The van der Waals surface area contributed by atoms with Crippen LogP contribution in [0.15, 0.2) is 48.5 Å². The standard InChI is InChI=1S/C24H25N5O5/c1-26-11-12-27-19-8-7-18(29(33)34)13-17(19)14-24(20(27)15-26)21(30)25-23(32)28(22(24)31)10-9-16-5-3-2-4-6-16/h2-8,13,20H,9-12,14-15H2,1H3,(H,25,30,32)/t20-,24-/m1/s1. The number of carbonyl (C=O) groups excluding carboxylic acids is 3. The zero-order valence-corrected chi connectivity index (χ0v) is 18.8. The number of amides is 4. The minimum absolute atomic E-state index is 0.00119. The van der Waals surface area contributed by atoms with E-state index in [9.17, 15) is 24.5 Å². The van der Waals surface area contributed by atoms with Gasteiger partial charge in [0.1, 0.15) is 0 Å². The summed E-state index contributed by atoms with van der Waals surface area (Å²) in [6, 6.07) is 12.9. The molecule has 3 aliphatic heterocycles. The zero-order chi connectivity index (χ0) is 24.0. The number of likely N-dealkylation sites (N-methyl/N-ethyl adjacent to an activating group) is 1. The van der Waals surface area contributed by atoms with Crippen molar-refractivity contribution in [1.82, 2.24) is 15.1 Å². The molecule has 2 saturated heterocycles.